The molecular weight excluding hydrogens is 508 g/mol. The van der Waals surface area contributed by atoms with Crippen molar-refractivity contribution in [3.05, 3.63) is 53.0 Å². The average Bonchev–Trinajstić information content (AvgIpc) is 3.49. The summed E-state index contributed by atoms with van der Waals surface area (Å²) in [5, 5.41) is 4.47. The molecule has 0 radical (unpaired) electrons. The maximum atomic E-state index is 13.8. The molecule has 5 rings (SSSR count). The van der Waals surface area contributed by atoms with E-state index in [0.29, 0.717) is 36.0 Å². The summed E-state index contributed by atoms with van der Waals surface area (Å²) in [6.45, 7) is 11.5. The fourth-order valence-corrected chi connectivity index (χ4v) is 4.68. The first kappa shape index (κ1) is 27.3. The van der Waals surface area contributed by atoms with E-state index in [9.17, 15) is 9.59 Å². The van der Waals surface area contributed by atoms with Gasteiger partial charge in [0, 0.05) is 37.5 Å². The van der Waals surface area contributed by atoms with Crippen LogP contribution >= 0.6 is 0 Å². The minimum Gasteiger partial charge on any atom is -0.444 e. The summed E-state index contributed by atoms with van der Waals surface area (Å²) in [4.78, 5) is 45.9. The molecule has 0 aromatic carbocycles. The molecule has 0 saturated carbocycles. The second kappa shape index (κ2) is 10.4. The first-order valence-electron chi connectivity index (χ1n) is 13.5. The number of pyridine rings is 2. The SMILES string of the molecule is CC(C)N(C)c1cc2c(c(CN(C)C(=O)OC(C)(C)C)n1)CN(c1cccc(-c3cnn4c3C=NCC4)n1)C2=O. The van der Waals surface area contributed by atoms with Crippen LogP contribution in [0, 0.1) is 0 Å². The van der Waals surface area contributed by atoms with Gasteiger partial charge in [0.25, 0.3) is 5.91 Å². The number of amides is 2. The van der Waals surface area contributed by atoms with E-state index < -0.39 is 11.7 Å². The lowest BCUT2D eigenvalue weighted by molar-refractivity contribution is 0.0282. The van der Waals surface area contributed by atoms with E-state index in [1.165, 1.54) is 4.90 Å². The van der Waals surface area contributed by atoms with Crippen molar-refractivity contribution in [3.63, 3.8) is 0 Å². The lowest BCUT2D eigenvalue weighted by Crippen LogP contribution is -2.34. The van der Waals surface area contributed by atoms with Crippen LogP contribution in [0.1, 0.15) is 61.9 Å². The second-order valence-corrected chi connectivity index (χ2v) is 11.5. The number of anilines is 2. The smallest absolute Gasteiger partial charge is 0.410 e. The molecule has 0 fully saturated rings. The fraction of sp³-hybridized carbons (Fsp3) is 0.448. The van der Waals surface area contributed by atoms with Gasteiger partial charge in [-0.15, -0.1) is 0 Å². The van der Waals surface area contributed by atoms with Crippen LogP contribution in [0.2, 0.25) is 0 Å². The molecule has 2 amide bonds. The molecule has 3 aromatic heterocycles. The van der Waals surface area contributed by atoms with Crippen LogP contribution in [-0.4, -0.2) is 75.1 Å². The van der Waals surface area contributed by atoms with Gasteiger partial charge >= 0.3 is 6.09 Å². The summed E-state index contributed by atoms with van der Waals surface area (Å²) in [5.74, 6) is 1.06. The van der Waals surface area contributed by atoms with Crippen molar-refractivity contribution in [2.75, 3.05) is 30.4 Å². The molecule has 0 N–H and O–H groups in total. The van der Waals surface area contributed by atoms with E-state index in [2.05, 4.69) is 23.9 Å². The molecule has 0 aliphatic carbocycles. The molecule has 0 atom stereocenters. The number of fused-ring (bicyclic) bond motifs is 2. The molecule has 5 heterocycles. The molecule has 40 heavy (non-hydrogen) atoms. The Hall–Kier alpha value is -4.28. The summed E-state index contributed by atoms with van der Waals surface area (Å²) in [5.41, 5.74) is 3.88. The van der Waals surface area contributed by atoms with Gasteiger partial charge in [-0.1, -0.05) is 6.07 Å². The summed E-state index contributed by atoms with van der Waals surface area (Å²) >= 11 is 0. The highest BCUT2D eigenvalue weighted by molar-refractivity contribution is 6.10. The Morgan fingerprint density at radius 2 is 1.93 bits per heavy atom. The quantitative estimate of drug-likeness (QED) is 0.459. The molecule has 0 saturated heterocycles. The predicted octanol–water partition coefficient (Wildman–Crippen LogP) is 4.14. The van der Waals surface area contributed by atoms with Gasteiger partial charge in [0.15, 0.2) is 0 Å². The molecule has 11 heteroatoms. The largest absolute Gasteiger partial charge is 0.444 e. The molecule has 2 aliphatic heterocycles. The zero-order valence-corrected chi connectivity index (χ0v) is 24.2. The topological polar surface area (TPSA) is 109 Å². The number of hydrogen-bond acceptors (Lipinski definition) is 8. The van der Waals surface area contributed by atoms with E-state index in [-0.39, 0.29) is 18.5 Å². The first-order chi connectivity index (χ1) is 18.9. The molecule has 11 nitrogen and oxygen atoms in total. The van der Waals surface area contributed by atoms with Gasteiger partial charge in [0.2, 0.25) is 0 Å². The monoisotopic (exact) mass is 544 g/mol. The number of carbonyl (C=O) groups is 2. The molecule has 210 valence electrons. The van der Waals surface area contributed by atoms with E-state index in [4.69, 9.17) is 14.7 Å². The van der Waals surface area contributed by atoms with E-state index in [1.54, 1.807) is 18.1 Å². The van der Waals surface area contributed by atoms with Gasteiger partial charge in [-0.3, -0.25) is 19.4 Å². The third-order valence-electron chi connectivity index (χ3n) is 7.04. The van der Waals surface area contributed by atoms with Gasteiger partial charge in [0.1, 0.15) is 17.2 Å². The van der Waals surface area contributed by atoms with E-state index in [0.717, 1.165) is 29.1 Å². The lowest BCUT2D eigenvalue weighted by Gasteiger charge is -2.26. The van der Waals surface area contributed by atoms with Crippen molar-refractivity contribution in [2.45, 2.75) is 65.9 Å². The number of ether oxygens (including phenoxy) is 1. The Kier molecular flexibility index (Phi) is 7.07. The Labute approximate surface area is 234 Å². The maximum Gasteiger partial charge on any atom is 0.410 e. The van der Waals surface area contributed by atoms with Crippen molar-refractivity contribution in [2.24, 2.45) is 4.99 Å². The fourth-order valence-electron chi connectivity index (χ4n) is 4.68. The van der Waals surface area contributed by atoms with Crippen LogP contribution in [0.25, 0.3) is 11.3 Å². The second-order valence-electron chi connectivity index (χ2n) is 11.5. The molecule has 0 unspecified atom stereocenters. The van der Waals surface area contributed by atoms with Crippen LogP contribution < -0.4 is 9.80 Å². The van der Waals surface area contributed by atoms with Crippen LogP contribution in [0.5, 0.6) is 0 Å². The van der Waals surface area contributed by atoms with Gasteiger partial charge in [0.05, 0.1) is 55.0 Å². The first-order valence-corrected chi connectivity index (χ1v) is 13.5. The standard InChI is InChI=1S/C29H36N8O3/c1-18(2)35(7)26-13-19-21(23(33-26)17-34(6)28(39)40-29(3,4)5)16-36(27(19)38)25-10-8-9-22(32-25)20-14-31-37-12-11-30-15-24(20)37/h8-10,13-15,18H,11-12,16-17H2,1-7H3. The Balaban J connectivity index is 1.49. The Morgan fingerprint density at radius 1 is 1.15 bits per heavy atom. The van der Waals surface area contributed by atoms with Crippen LogP contribution in [-0.2, 0) is 24.4 Å². The normalized spacial score (nSPS) is 14.4. The minimum atomic E-state index is -0.620. The third kappa shape index (κ3) is 5.28. The van der Waals surface area contributed by atoms with E-state index >= 15 is 0 Å². The number of aliphatic imine (C=N–C) groups is 1. The number of nitrogens with zero attached hydrogens (tertiary/aromatic N) is 8. The summed E-state index contributed by atoms with van der Waals surface area (Å²) in [6.07, 6.45) is 3.17. The van der Waals surface area contributed by atoms with Gasteiger partial charge in [-0.05, 0) is 52.8 Å². The van der Waals surface area contributed by atoms with Gasteiger partial charge in [-0.25, -0.2) is 14.8 Å². The zero-order valence-electron chi connectivity index (χ0n) is 24.2. The van der Waals surface area contributed by atoms with Gasteiger partial charge < -0.3 is 14.5 Å². The molecule has 0 bridgehead atoms. The maximum absolute atomic E-state index is 13.8. The van der Waals surface area contributed by atoms with Crippen molar-refractivity contribution < 1.29 is 14.3 Å². The van der Waals surface area contributed by atoms with Crippen LogP contribution in [0.3, 0.4) is 0 Å². The third-order valence-corrected chi connectivity index (χ3v) is 7.04. The molecule has 2 aliphatic rings. The van der Waals surface area contributed by atoms with Crippen molar-refractivity contribution >= 4 is 29.9 Å². The van der Waals surface area contributed by atoms with Crippen molar-refractivity contribution in [1.82, 2.24) is 24.6 Å². The lowest BCUT2D eigenvalue weighted by atomic mass is 10.1. The Bertz CT molecular complexity index is 1490. The van der Waals surface area contributed by atoms with Crippen molar-refractivity contribution in [3.8, 4) is 11.3 Å². The minimum absolute atomic E-state index is 0.153. The average molecular weight is 545 g/mol. The molecule has 3 aromatic rings. The van der Waals surface area contributed by atoms with Gasteiger partial charge in [-0.2, -0.15) is 5.10 Å². The predicted molar refractivity (Wildman–Crippen MR) is 154 cm³/mol. The zero-order chi connectivity index (χ0) is 28.8. The van der Waals surface area contributed by atoms with E-state index in [1.807, 2.05) is 67.9 Å². The highest BCUT2D eigenvalue weighted by Crippen LogP contribution is 2.33. The number of rotatable bonds is 6. The number of aromatic nitrogens is 4. The summed E-state index contributed by atoms with van der Waals surface area (Å²) < 4.78 is 7.47. The number of hydrogen-bond donors (Lipinski definition) is 0. The Morgan fingerprint density at radius 3 is 2.65 bits per heavy atom. The number of carbonyl (C=O) groups excluding carboxylic acids is 2. The van der Waals surface area contributed by atoms with Crippen molar-refractivity contribution in [1.29, 1.82) is 0 Å². The highest BCUT2D eigenvalue weighted by atomic mass is 16.6. The molecule has 0 spiro atoms. The van der Waals surface area contributed by atoms with Crippen LogP contribution in [0.4, 0.5) is 16.4 Å². The molecular formula is C29H36N8O3. The summed E-state index contributed by atoms with van der Waals surface area (Å²) in [7, 11) is 3.62. The highest BCUT2D eigenvalue weighted by Gasteiger charge is 2.34. The summed E-state index contributed by atoms with van der Waals surface area (Å²) in [6, 6.07) is 7.64. The van der Waals surface area contributed by atoms with Crippen LogP contribution in [0.15, 0.2) is 35.5 Å².